The quantitative estimate of drug-likeness (QED) is 0.103. The zero-order chi connectivity index (χ0) is 40.4. The maximum atomic E-state index is 5.41. The van der Waals surface area contributed by atoms with E-state index in [2.05, 4.69) is 108 Å². The third-order valence-electron chi connectivity index (χ3n) is 9.81. The van der Waals surface area contributed by atoms with Crippen LogP contribution in [0.5, 0.6) is 23.0 Å². The lowest BCUT2D eigenvalue weighted by Crippen LogP contribution is -2.11. The fourth-order valence-corrected chi connectivity index (χ4v) is 6.60. The number of anilines is 6. The minimum Gasteiger partial charge on any atom is -0.497 e. The van der Waals surface area contributed by atoms with E-state index in [1.807, 2.05) is 97.1 Å². The highest BCUT2D eigenvalue weighted by Crippen LogP contribution is 2.37. The molecule has 0 unspecified atom stereocenters. The molecule has 0 amide bonds. The maximum Gasteiger partial charge on any atom is 0.192 e. The summed E-state index contributed by atoms with van der Waals surface area (Å²) < 4.78 is 21.6. The fourth-order valence-electron chi connectivity index (χ4n) is 6.60. The molecular weight excluding hydrogens is 717 g/mol. The van der Waals surface area contributed by atoms with Gasteiger partial charge in [0.2, 0.25) is 0 Å². The molecule has 7 rings (SSSR count). The van der Waals surface area contributed by atoms with Crippen molar-refractivity contribution >= 4 is 34.1 Å². The second kappa shape index (κ2) is 18.0. The number of hydrogen-bond acceptors (Lipinski definition) is 6. The van der Waals surface area contributed by atoms with Gasteiger partial charge in [-0.15, -0.1) is 0 Å². The summed E-state index contributed by atoms with van der Waals surface area (Å²) in [6, 6.07) is 53.0. The molecule has 7 aromatic rings. The highest BCUT2D eigenvalue weighted by atomic mass is 16.5. The van der Waals surface area contributed by atoms with Gasteiger partial charge in [-0.1, -0.05) is 28.6 Å². The average Bonchev–Trinajstić information content (AvgIpc) is 3.28. The summed E-state index contributed by atoms with van der Waals surface area (Å²) in [4.78, 5) is 4.38. The van der Waals surface area contributed by atoms with Crippen LogP contribution in [-0.2, 0) is 0 Å². The summed E-state index contributed by atoms with van der Waals surface area (Å²) in [7, 11) is 6.69. The van der Waals surface area contributed by atoms with Crippen LogP contribution in [0, 0.1) is 37.5 Å². The normalized spacial score (nSPS) is 10.5. The largest absolute Gasteiger partial charge is 0.497 e. The van der Waals surface area contributed by atoms with Crippen molar-refractivity contribution in [2.45, 2.75) is 13.8 Å². The van der Waals surface area contributed by atoms with Crippen molar-refractivity contribution in [3.8, 4) is 46.7 Å². The van der Waals surface area contributed by atoms with Crippen molar-refractivity contribution < 1.29 is 18.9 Å². The lowest BCUT2D eigenvalue weighted by atomic mass is 9.99. The van der Waals surface area contributed by atoms with Gasteiger partial charge in [0.05, 0.1) is 28.4 Å². The SMILES string of the molecule is COc1ccc(N(c2ccc(C#Cc3cc(C)cc(C#Cc4ccc([N+](c5ccc(OC)cc5)c5ccc(OC)cc5)cc4)c3C)cc2)c2ccc(OC)cc2)cc1. The second-order valence-corrected chi connectivity index (χ2v) is 13.5. The lowest BCUT2D eigenvalue weighted by molar-refractivity contribution is 0.414. The van der Waals surface area contributed by atoms with Crippen LogP contribution in [0.1, 0.15) is 33.4 Å². The first-order chi connectivity index (χ1) is 28.3. The molecule has 285 valence electrons. The van der Waals surface area contributed by atoms with Gasteiger partial charge in [-0.05, 0) is 146 Å². The molecule has 0 aliphatic rings. The number of benzene rings is 7. The molecule has 0 saturated carbocycles. The van der Waals surface area contributed by atoms with Crippen LogP contribution in [0.15, 0.2) is 158 Å². The van der Waals surface area contributed by atoms with Crippen LogP contribution in [0.25, 0.3) is 0 Å². The van der Waals surface area contributed by atoms with Crippen LogP contribution in [-0.4, -0.2) is 28.4 Å². The van der Waals surface area contributed by atoms with E-state index in [0.29, 0.717) is 0 Å². The summed E-state index contributed by atoms with van der Waals surface area (Å²) >= 11 is 0. The molecule has 0 N–H and O–H groups in total. The number of hydrogen-bond donors (Lipinski definition) is 0. The Balaban J connectivity index is 1.12. The molecule has 6 nitrogen and oxygen atoms in total. The van der Waals surface area contributed by atoms with Gasteiger partial charge in [-0.25, -0.2) is 0 Å². The van der Waals surface area contributed by atoms with E-state index in [-0.39, 0.29) is 0 Å². The lowest BCUT2D eigenvalue weighted by Gasteiger charge is -2.25. The summed E-state index contributed by atoms with van der Waals surface area (Å²) in [5, 5.41) is 0. The van der Waals surface area contributed by atoms with Crippen molar-refractivity contribution in [1.29, 1.82) is 0 Å². The van der Waals surface area contributed by atoms with E-state index >= 15 is 0 Å². The van der Waals surface area contributed by atoms with Crippen LogP contribution < -0.4 is 28.7 Å². The third kappa shape index (κ3) is 9.01. The molecule has 0 spiro atoms. The smallest absolute Gasteiger partial charge is 0.192 e. The Kier molecular flexibility index (Phi) is 12.1. The Morgan fingerprint density at radius 3 is 1.02 bits per heavy atom. The highest BCUT2D eigenvalue weighted by Gasteiger charge is 2.26. The van der Waals surface area contributed by atoms with E-state index in [4.69, 9.17) is 18.9 Å². The Morgan fingerprint density at radius 2 is 0.672 bits per heavy atom. The van der Waals surface area contributed by atoms with Gasteiger partial charge in [0.1, 0.15) is 23.0 Å². The standard InChI is InChI=1S/C52H44N2O4/c1-37-35-41(13-7-39-9-15-43(16-10-39)53(45-19-27-49(55-3)28-20-45)46-21-29-50(56-4)30-22-46)38(2)42(36-37)14-8-40-11-17-44(18-12-40)54(47-23-31-51(57-5)32-24-47)48-25-33-52(58-6)34-26-48/h9-12,15-36H,1-6H3/q+1. The Morgan fingerprint density at radius 1 is 0.379 bits per heavy atom. The third-order valence-corrected chi connectivity index (χ3v) is 9.81. The van der Waals surface area contributed by atoms with E-state index in [0.717, 1.165) is 90.5 Å². The first kappa shape index (κ1) is 38.9. The van der Waals surface area contributed by atoms with Crippen molar-refractivity contribution in [3.63, 3.8) is 0 Å². The Hall–Kier alpha value is -7.38. The highest BCUT2D eigenvalue weighted by molar-refractivity contribution is 5.77. The number of aryl methyl sites for hydroxylation is 1. The molecule has 0 aromatic heterocycles. The van der Waals surface area contributed by atoms with Gasteiger partial charge < -0.3 is 23.8 Å². The molecule has 0 atom stereocenters. The Labute approximate surface area is 341 Å². The zero-order valence-corrected chi connectivity index (χ0v) is 33.5. The van der Waals surface area contributed by atoms with Gasteiger partial charge in [-0.2, -0.15) is 0 Å². The van der Waals surface area contributed by atoms with Crippen molar-refractivity contribution in [1.82, 2.24) is 4.90 Å². The fraction of sp³-hybridized carbons (Fsp3) is 0.115. The molecule has 0 heterocycles. The molecule has 0 aliphatic heterocycles. The van der Waals surface area contributed by atoms with Crippen molar-refractivity contribution in [2.75, 3.05) is 33.3 Å². The van der Waals surface area contributed by atoms with Gasteiger partial charge in [0.25, 0.3) is 0 Å². The molecule has 0 aliphatic carbocycles. The predicted molar refractivity (Wildman–Crippen MR) is 236 cm³/mol. The molecule has 6 heteroatoms. The molecule has 7 aromatic carbocycles. The number of nitrogens with zero attached hydrogens (tertiary/aromatic N) is 2. The number of ether oxygens (including phenoxy) is 4. The minimum absolute atomic E-state index is 0.803. The molecule has 0 fully saturated rings. The van der Waals surface area contributed by atoms with Crippen LogP contribution >= 0.6 is 0 Å². The summed E-state index contributed by atoms with van der Waals surface area (Å²) in [6.45, 7) is 4.17. The van der Waals surface area contributed by atoms with Crippen molar-refractivity contribution in [2.24, 2.45) is 0 Å². The van der Waals surface area contributed by atoms with Gasteiger partial charge >= 0.3 is 0 Å². The van der Waals surface area contributed by atoms with Crippen LogP contribution in [0.4, 0.5) is 34.1 Å². The van der Waals surface area contributed by atoms with Crippen LogP contribution in [0.3, 0.4) is 0 Å². The maximum absolute atomic E-state index is 5.41. The monoisotopic (exact) mass is 760 g/mol. The summed E-state index contributed by atoms with van der Waals surface area (Å²) in [5.41, 5.74) is 11.9. The van der Waals surface area contributed by atoms with E-state index in [9.17, 15) is 0 Å². The average molecular weight is 761 g/mol. The van der Waals surface area contributed by atoms with Crippen LogP contribution in [0.2, 0.25) is 0 Å². The van der Waals surface area contributed by atoms with Gasteiger partial charge in [0.15, 0.2) is 17.1 Å². The molecule has 0 bridgehead atoms. The van der Waals surface area contributed by atoms with E-state index in [1.54, 1.807) is 28.4 Å². The van der Waals surface area contributed by atoms with Gasteiger partial charge in [-0.3, -0.25) is 0 Å². The Bertz CT molecular complexity index is 2320. The van der Waals surface area contributed by atoms with E-state index in [1.165, 1.54) is 0 Å². The first-order valence-corrected chi connectivity index (χ1v) is 18.9. The number of rotatable bonds is 10. The molecule has 0 saturated heterocycles. The molecule has 1 radical (unpaired) electrons. The zero-order valence-electron chi connectivity index (χ0n) is 33.5. The summed E-state index contributed by atoms with van der Waals surface area (Å²) in [5.74, 6) is 16.9. The van der Waals surface area contributed by atoms with Gasteiger partial charge in [0, 0.05) is 75.7 Å². The predicted octanol–water partition coefficient (Wildman–Crippen LogP) is 12.0. The summed E-state index contributed by atoms with van der Waals surface area (Å²) in [6.07, 6.45) is 0. The van der Waals surface area contributed by atoms with Crippen molar-refractivity contribution in [3.05, 3.63) is 191 Å². The number of methoxy groups -OCH3 is 4. The molecule has 58 heavy (non-hydrogen) atoms. The van der Waals surface area contributed by atoms with E-state index < -0.39 is 0 Å². The molecular formula is C52H44N2O4+. The topological polar surface area (TPSA) is 46.1 Å². The first-order valence-electron chi connectivity index (χ1n) is 18.9. The second-order valence-electron chi connectivity index (χ2n) is 13.5. The minimum atomic E-state index is 0.803.